The zero-order valence-electron chi connectivity index (χ0n) is 11.4. The molecule has 0 bridgehead atoms. The molecule has 0 saturated heterocycles. The number of nitrogens with one attached hydrogen (secondary N) is 2. The molecular weight excluding hydrogens is 244 g/mol. The van der Waals surface area contributed by atoms with Crippen LogP contribution in [0.1, 0.15) is 36.1 Å². The van der Waals surface area contributed by atoms with E-state index in [-0.39, 0.29) is 0 Å². The van der Waals surface area contributed by atoms with Crippen LogP contribution in [0.15, 0.2) is 11.2 Å². The molecule has 1 aromatic heterocycles. The molecule has 4 nitrogen and oxygen atoms in total. The summed E-state index contributed by atoms with van der Waals surface area (Å²) in [6, 6.07) is 0.620. The van der Waals surface area contributed by atoms with Gasteiger partial charge in [-0.15, -0.1) is 11.3 Å². The molecular formula is C13H22N4S. The number of aliphatic imine (C=N–C) groups is 1. The van der Waals surface area contributed by atoms with E-state index in [1.54, 1.807) is 11.3 Å². The first kappa shape index (κ1) is 13.3. The Morgan fingerprint density at radius 1 is 1.61 bits per heavy atom. The predicted molar refractivity (Wildman–Crippen MR) is 77.0 cm³/mol. The van der Waals surface area contributed by atoms with Gasteiger partial charge in [0.15, 0.2) is 5.96 Å². The first-order chi connectivity index (χ1) is 8.72. The van der Waals surface area contributed by atoms with Crippen molar-refractivity contribution < 1.29 is 0 Å². The van der Waals surface area contributed by atoms with Crippen LogP contribution in [-0.2, 0) is 6.54 Å². The van der Waals surface area contributed by atoms with Crippen molar-refractivity contribution in [1.29, 1.82) is 0 Å². The summed E-state index contributed by atoms with van der Waals surface area (Å²) in [6.07, 6.45) is 5.79. The van der Waals surface area contributed by atoms with Crippen molar-refractivity contribution in [2.75, 3.05) is 7.05 Å². The number of thiazole rings is 1. The van der Waals surface area contributed by atoms with Crippen molar-refractivity contribution in [2.45, 2.75) is 45.7 Å². The fraction of sp³-hybridized carbons (Fsp3) is 0.692. The zero-order valence-corrected chi connectivity index (χ0v) is 12.2. The quantitative estimate of drug-likeness (QED) is 0.635. The summed E-state index contributed by atoms with van der Waals surface area (Å²) in [5.74, 6) is 1.74. The molecule has 1 saturated carbocycles. The van der Waals surface area contributed by atoms with Gasteiger partial charge in [0.05, 0.1) is 6.54 Å². The Bertz CT molecular complexity index is 413. The average molecular weight is 266 g/mol. The highest BCUT2D eigenvalue weighted by atomic mass is 32.1. The maximum absolute atomic E-state index is 4.33. The van der Waals surface area contributed by atoms with Gasteiger partial charge in [0.25, 0.3) is 0 Å². The van der Waals surface area contributed by atoms with Crippen LogP contribution in [0, 0.1) is 12.8 Å². The van der Waals surface area contributed by atoms with Gasteiger partial charge in [0.2, 0.25) is 0 Å². The standard InChI is InChI=1S/C13H22N4S/c1-4-5-10-6-11(10)17-13(14-3)16-8-12-15-7-9(2)18-12/h7,10-11H,4-6,8H2,1-3H3,(H2,14,16,17). The monoisotopic (exact) mass is 266 g/mol. The molecule has 100 valence electrons. The second-order valence-electron chi connectivity index (χ2n) is 4.83. The second-order valence-corrected chi connectivity index (χ2v) is 6.15. The lowest BCUT2D eigenvalue weighted by Gasteiger charge is -2.10. The minimum atomic E-state index is 0.620. The van der Waals surface area contributed by atoms with E-state index < -0.39 is 0 Å². The minimum Gasteiger partial charge on any atom is -0.353 e. The zero-order chi connectivity index (χ0) is 13.0. The number of aryl methyl sites for hydroxylation is 1. The van der Waals surface area contributed by atoms with E-state index in [9.17, 15) is 0 Å². The van der Waals surface area contributed by atoms with Gasteiger partial charge in [0, 0.05) is 24.2 Å². The van der Waals surface area contributed by atoms with Gasteiger partial charge in [-0.2, -0.15) is 0 Å². The van der Waals surface area contributed by atoms with E-state index in [1.807, 2.05) is 13.2 Å². The molecule has 2 rings (SSSR count). The summed E-state index contributed by atoms with van der Waals surface area (Å²) in [6.45, 7) is 5.07. The third-order valence-corrected chi connectivity index (χ3v) is 4.12. The van der Waals surface area contributed by atoms with Crippen LogP contribution in [0.4, 0.5) is 0 Å². The van der Waals surface area contributed by atoms with Crippen LogP contribution in [0.2, 0.25) is 0 Å². The molecule has 0 radical (unpaired) electrons. The van der Waals surface area contributed by atoms with Gasteiger partial charge >= 0.3 is 0 Å². The first-order valence-electron chi connectivity index (χ1n) is 6.61. The van der Waals surface area contributed by atoms with E-state index in [0.717, 1.165) is 23.4 Å². The molecule has 1 aromatic rings. The maximum Gasteiger partial charge on any atom is 0.191 e. The van der Waals surface area contributed by atoms with Crippen molar-refractivity contribution in [3.8, 4) is 0 Å². The van der Waals surface area contributed by atoms with Crippen molar-refractivity contribution in [1.82, 2.24) is 15.6 Å². The lowest BCUT2D eigenvalue weighted by molar-refractivity contribution is 0.655. The number of aromatic nitrogens is 1. The van der Waals surface area contributed by atoms with Gasteiger partial charge in [-0.25, -0.2) is 4.98 Å². The Balaban J connectivity index is 1.73. The predicted octanol–water partition coefficient (Wildman–Crippen LogP) is 2.31. The van der Waals surface area contributed by atoms with Gasteiger partial charge in [-0.1, -0.05) is 13.3 Å². The molecule has 18 heavy (non-hydrogen) atoms. The first-order valence-corrected chi connectivity index (χ1v) is 7.43. The molecule has 1 heterocycles. The number of rotatable bonds is 5. The highest BCUT2D eigenvalue weighted by Gasteiger charge is 2.36. The smallest absolute Gasteiger partial charge is 0.191 e. The number of hydrogen-bond donors (Lipinski definition) is 2. The summed E-state index contributed by atoms with van der Waals surface area (Å²) in [5, 5.41) is 7.90. The summed E-state index contributed by atoms with van der Waals surface area (Å²) in [7, 11) is 1.82. The van der Waals surface area contributed by atoms with Crippen LogP contribution >= 0.6 is 11.3 Å². The molecule has 1 aliphatic rings. The molecule has 0 aromatic carbocycles. The third-order valence-electron chi connectivity index (χ3n) is 3.20. The highest BCUT2D eigenvalue weighted by Crippen LogP contribution is 2.34. The molecule has 2 unspecified atom stereocenters. The molecule has 0 aliphatic heterocycles. The van der Waals surface area contributed by atoms with E-state index >= 15 is 0 Å². The van der Waals surface area contributed by atoms with Crippen molar-refractivity contribution in [2.24, 2.45) is 10.9 Å². The van der Waals surface area contributed by atoms with Crippen LogP contribution in [-0.4, -0.2) is 24.0 Å². The number of hydrogen-bond acceptors (Lipinski definition) is 3. The fourth-order valence-corrected chi connectivity index (χ4v) is 2.85. The second kappa shape index (κ2) is 6.18. The van der Waals surface area contributed by atoms with Gasteiger partial charge in [0.1, 0.15) is 5.01 Å². The Morgan fingerprint density at radius 2 is 2.44 bits per heavy atom. The normalized spacial score (nSPS) is 22.9. The summed E-state index contributed by atoms with van der Waals surface area (Å²) < 4.78 is 0. The van der Waals surface area contributed by atoms with Crippen molar-refractivity contribution in [3.63, 3.8) is 0 Å². The lowest BCUT2D eigenvalue weighted by atomic mass is 10.2. The fourth-order valence-electron chi connectivity index (χ4n) is 2.13. The van der Waals surface area contributed by atoms with E-state index in [1.165, 1.54) is 24.1 Å². The highest BCUT2D eigenvalue weighted by molar-refractivity contribution is 7.11. The molecule has 1 aliphatic carbocycles. The molecule has 2 N–H and O–H groups in total. The Morgan fingerprint density at radius 3 is 3.06 bits per heavy atom. The van der Waals surface area contributed by atoms with E-state index in [0.29, 0.717) is 6.04 Å². The van der Waals surface area contributed by atoms with Crippen LogP contribution in [0.25, 0.3) is 0 Å². The molecule has 1 fully saturated rings. The van der Waals surface area contributed by atoms with Crippen LogP contribution < -0.4 is 10.6 Å². The molecule has 5 heteroatoms. The summed E-state index contributed by atoms with van der Waals surface area (Å²) >= 11 is 1.73. The topological polar surface area (TPSA) is 49.3 Å². The number of nitrogens with zero attached hydrogens (tertiary/aromatic N) is 2. The van der Waals surface area contributed by atoms with Gasteiger partial charge in [-0.3, -0.25) is 4.99 Å². The Hall–Kier alpha value is -1.10. The molecule has 0 amide bonds. The maximum atomic E-state index is 4.33. The van der Waals surface area contributed by atoms with Crippen LogP contribution in [0.5, 0.6) is 0 Å². The molecule has 2 atom stereocenters. The lowest BCUT2D eigenvalue weighted by Crippen LogP contribution is -2.38. The van der Waals surface area contributed by atoms with Crippen molar-refractivity contribution in [3.05, 3.63) is 16.1 Å². The van der Waals surface area contributed by atoms with E-state index in [2.05, 4.69) is 34.5 Å². The average Bonchev–Trinajstić information content (AvgIpc) is 2.95. The SMILES string of the molecule is CCCC1CC1NC(=NC)NCc1ncc(C)s1. The minimum absolute atomic E-state index is 0.620. The van der Waals surface area contributed by atoms with Gasteiger partial charge < -0.3 is 10.6 Å². The van der Waals surface area contributed by atoms with E-state index in [4.69, 9.17) is 0 Å². The number of guanidine groups is 1. The summed E-state index contributed by atoms with van der Waals surface area (Å²) in [4.78, 5) is 9.84. The Kier molecular flexibility index (Phi) is 4.58. The molecule has 0 spiro atoms. The van der Waals surface area contributed by atoms with Crippen molar-refractivity contribution >= 4 is 17.3 Å². The van der Waals surface area contributed by atoms with Gasteiger partial charge in [-0.05, 0) is 25.7 Å². The Labute approximate surface area is 113 Å². The third kappa shape index (κ3) is 3.70. The largest absolute Gasteiger partial charge is 0.353 e. The van der Waals surface area contributed by atoms with Crippen LogP contribution in [0.3, 0.4) is 0 Å². The summed E-state index contributed by atoms with van der Waals surface area (Å²) in [5.41, 5.74) is 0.